The lowest BCUT2D eigenvalue weighted by Gasteiger charge is -2.15. The van der Waals surface area contributed by atoms with Crippen LogP contribution in [0, 0.1) is 0 Å². The van der Waals surface area contributed by atoms with E-state index in [1.54, 1.807) is 12.1 Å². The Kier molecular flexibility index (Phi) is 7.42. The highest BCUT2D eigenvalue weighted by molar-refractivity contribution is 7.17. The second-order valence-corrected chi connectivity index (χ2v) is 7.84. The second-order valence-electron chi connectivity index (χ2n) is 6.73. The monoisotopic (exact) mass is 432 g/mol. The minimum atomic E-state index is -1.15. The van der Waals surface area contributed by atoms with Crippen LogP contribution in [0.1, 0.15) is 40.6 Å². The van der Waals surface area contributed by atoms with Gasteiger partial charge in [0.25, 0.3) is 11.8 Å². The number of carbonyl (C=O) groups is 3. The largest absolute Gasteiger partial charge is 0.492 e. The maximum absolute atomic E-state index is 13.2. The van der Waals surface area contributed by atoms with Gasteiger partial charge in [-0.1, -0.05) is 12.1 Å². The summed E-state index contributed by atoms with van der Waals surface area (Å²) in [5, 5.41) is 14.7. The molecule has 1 heterocycles. The lowest BCUT2D eigenvalue weighted by molar-refractivity contribution is -0.143. The molecule has 1 aromatic heterocycles. The third-order valence-corrected chi connectivity index (χ3v) is 5.75. The predicted molar refractivity (Wildman–Crippen MR) is 114 cm³/mol. The summed E-state index contributed by atoms with van der Waals surface area (Å²) < 4.78 is 10.4. The Balaban J connectivity index is 1.82. The van der Waals surface area contributed by atoms with Gasteiger partial charge in [-0.15, -0.1) is 11.3 Å². The molecule has 0 saturated heterocycles. The summed E-state index contributed by atoms with van der Waals surface area (Å²) in [7, 11) is 0. The van der Waals surface area contributed by atoms with E-state index in [2.05, 4.69) is 10.6 Å². The van der Waals surface area contributed by atoms with Crippen LogP contribution in [0.2, 0.25) is 0 Å². The number of ether oxygens (including phenoxy) is 2. The van der Waals surface area contributed by atoms with E-state index in [0.717, 1.165) is 36.1 Å². The van der Waals surface area contributed by atoms with Gasteiger partial charge in [0.1, 0.15) is 24.0 Å². The summed E-state index contributed by atoms with van der Waals surface area (Å²) in [6, 6.07) is 7.18. The van der Waals surface area contributed by atoms with Gasteiger partial charge in [0.05, 0.1) is 17.9 Å². The molecule has 0 fully saturated rings. The molecule has 2 aromatic rings. The number of benzene rings is 1. The predicted octanol–water partition coefficient (Wildman–Crippen LogP) is 3.32. The average molecular weight is 432 g/mol. The van der Waals surface area contributed by atoms with Crippen LogP contribution in [0.15, 0.2) is 24.3 Å². The van der Waals surface area contributed by atoms with Crippen LogP contribution in [0.4, 0.5) is 10.7 Å². The lowest BCUT2D eigenvalue weighted by Crippen LogP contribution is -2.22. The van der Waals surface area contributed by atoms with Crippen LogP contribution in [-0.2, 0) is 27.2 Å². The van der Waals surface area contributed by atoms with Gasteiger partial charge in [0, 0.05) is 4.88 Å². The molecule has 0 spiro atoms. The molecule has 1 aliphatic rings. The number of aryl methyl sites for hydroxylation is 1. The molecule has 8 nitrogen and oxygen atoms in total. The summed E-state index contributed by atoms with van der Waals surface area (Å²) in [5.74, 6) is -1.39. The molecule has 0 atom stereocenters. The molecule has 1 aromatic carbocycles. The number of aliphatic carboxylic acids is 1. The topological polar surface area (TPSA) is 114 Å². The highest BCUT2D eigenvalue weighted by atomic mass is 32.1. The number of thiophene rings is 1. The molecule has 3 rings (SSSR count). The van der Waals surface area contributed by atoms with Crippen molar-refractivity contribution < 1.29 is 29.0 Å². The van der Waals surface area contributed by atoms with Crippen LogP contribution in [-0.4, -0.2) is 42.7 Å². The number of hydrogen-bond donors (Lipinski definition) is 3. The van der Waals surface area contributed by atoms with Gasteiger partial charge in [0.2, 0.25) is 0 Å². The maximum atomic E-state index is 13.2. The fourth-order valence-corrected chi connectivity index (χ4v) is 4.63. The van der Waals surface area contributed by atoms with E-state index < -0.39 is 25.1 Å². The minimum Gasteiger partial charge on any atom is -0.492 e. The zero-order valence-electron chi connectivity index (χ0n) is 16.7. The summed E-state index contributed by atoms with van der Waals surface area (Å²) in [5.41, 5.74) is 1.97. The molecule has 3 N–H and O–H groups in total. The normalized spacial score (nSPS) is 12.7. The summed E-state index contributed by atoms with van der Waals surface area (Å²) in [6.07, 6.45) is 3.65. The van der Waals surface area contributed by atoms with Crippen molar-refractivity contribution in [2.75, 3.05) is 30.5 Å². The van der Waals surface area contributed by atoms with E-state index >= 15 is 0 Å². The van der Waals surface area contributed by atoms with Crippen LogP contribution >= 0.6 is 11.3 Å². The van der Waals surface area contributed by atoms with Crippen molar-refractivity contribution in [3.8, 4) is 5.75 Å². The standard InChI is InChI=1S/C21H24N2O6S/c1-2-29-15-9-5-4-8-14(15)22-20(27)19-13-7-3-6-10-16(13)30-21(19)23-17(24)11-28-12-18(25)26/h4-5,8-9H,2-3,6-7,10-12H2,1H3,(H,22,27)(H,23,24)(H,25,26). The van der Waals surface area contributed by atoms with E-state index in [4.69, 9.17) is 14.6 Å². The smallest absolute Gasteiger partial charge is 0.329 e. The quantitative estimate of drug-likeness (QED) is 0.560. The number of carboxylic acid groups (broad SMARTS) is 1. The molecule has 9 heteroatoms. The first kappa shape index (κ1) is 21.8. The third kappa shape index (κ3) is 5.37. The summed E-state index contributed by atoms with van der Waals surface area (Å²) >= 11 is 1.39. The first-order valence-corrected chi connectivity index (χ1v) is 10.6. The first-order valence-electron chi connectivity index (χ1n) is 9.76. The van der Waals surface area contributed by atoms with Gasteiger partial charge in [-0.05, 0) is 50.3 Å². The van der Waals surface area contributed by atoms with Crippen molar-refractivity contribution in [3.05, 3.63) is 40.3 Å². The number of rotatable bonds is 9. The van der Waals surface area contributed by atoms with Gasteiger partial charge in [-0.3, -0.25) is 9.59 Å². The van der Waals surface area contributed by atoms with Gasteiger partial charge in [-0.2, -0.15) is 0 Å². The fraction of sp³-hybridized carbons (Fsp3) is 0.381. The Hall–Kier alpha value is -2.91. The van der Waals surface area contributed by atoms with E-state index in [9.17, 15) is 14.4 Å². The minimum absolute atomic E-state index is 0.316. The molecule has 0 unspecified atom stereocenters. The number of anilines is 2. The average Bonchev–Trinajstić information content (AvgIpc) is 3.07. The third-order valence-electron chi connectivity index (χ3n) is 4.55. The Morgan fingerprint density at radius 1 is 1.10 bits per heavy atom. The number of carbonyl (C=O) groups excluding carboxylic acids is 2. The zero-order valence-corrected chi connectivity index (χ0v) is 17.5. The van der Waals surface area contributed by atoms with Crippen LogP contribution in [0.25, 0.3) is 0 Å². The van der Waals surface area contributed by atoms with E-state index in [0.29, 0.717) is 28.6 Å². The van der Waals surface area contributed by atoms with Gasteiger partial charge in [-0.25, -0.2) is 4.79 Å². The van der Waals surface area contributed by atoms with Gasteiger partial charge >= 0.3 is 5.97 Å². The van der Waals surface area contributed by atoms with Gasteiger partial charge < -0.3 is 25.2 Å². The SMILES string of the molecule is CCOc1ccccc1NC(=O)c1c(NC(=O)COCC(=O)O)sc2c1CCCC2. The number of amides is 2. The molecule has 0 aliphatic heterocycles. The number of fused-ring (bicyclic) bond motifs is 1. The van der Waals surface area contributed by atoms with Crippen molar-refractivity contribution >= 4 is 39.8 Å². The molecule has 0 bridgehead atoms. The Morgan fingerprint density at radius 2 is 1.87 bits per heavy atom. The summed E-state index contributed by atoms with van der Waals surface area (Å²) in [4.78, 5) is 37.0. The number of carboxylic acids is 1. The van der Waals surface area contributed by atoms with E-state index in [1.165, 1.54) is 11.3 Å². The molecular weight excluding hydrogens is 408 g/mol. The number of nitrogens with one attached hydrogen (secondary N) is 2. The number of hydrogen-bond acceptors (Lipinski definition) is 6. The molecule has 1 aliphatic carbocycles. The van der Waals surface area contributed by atoms with Gasteiger partial charge in [0.15, 0.2) is 0 Å². The molecule has 0 radical (unpaired) electrons. The van der Waals surface area contributed by atoms with Crippen molar-refractivity contribution in [3.63, 3.8) is 0 Å². The molecule has 2 amide bonds. The Labute approximate surface area is 178 Å². The first-order chi connectivity index (χ1) is 14.5. The highest BCUT2D eigenvalue weighted by Gasteiger charge is 2.27. The summed E-state index contributed by atoms with van der Waals surface area (Å²) in [6.45, 7) is 1.38. The Morgan fingerprint density at radius 3 is 2.63 bits per heavy atom. The van der Waals surface area contributed by atoms with Crippen molar-refractivity contribution in [2.24, 2.45) is 0 Å². The molecule has 30 heavy (non-hydrogen) atoms. The fourth-order valence-electron chi connectivity index (χ4n) is 3.32. The van der Waals surface area contributed by atoms with E-state index in [1.807, 2.05) is 19.1 Å². The van der Waals surface area contributed by atoms with Crippen LogP contribution < -0.4 is 15.4 Å². The van der Waals surface area contributed by atoms with E-state index in [-0.39, 0.29) is 5.91 Å². The van der Waals surface area contributed by atoms with Crippen molar-refractivity contribution in [2.45, 2.75) is 32.6 Å². The molecular formula is C21H24N2O6S. The Bertz CT molecular complexity index is 940. The van der Waals surface area contributed by atoms with Crippen LogP contribution in [0.3, 0.4) is 0 Å². The zero-order chi connectivity index (χ0) is 21.5. The maximum Gasteiger partial charge on any atom is 0.329 e. The molecule has 0 saturated carbocycles. The van der Waals surface area contributed by atoms with Crippen molar-refractivity contribution in [1.29, 1.82) is 0 Å². The number of para-hydroxylation sites is 2. The second kappa shape index (κ2) is 10.2. The van der Waals surface area contributed by atoms with Crippen LogP contribution in [0.5, 0.6) is 5.75 Å². The van der Waals surface area contributed by atoms with Crippen molar-refractivity contribution in [1.82, 2.24) is 0 Å². The lowest BCUT2D eigenvalue weighted by atomic mass is 9.95. The highest BCUT2D eigenvalue weighted by Crippen LogP contribution is 2.39. The molecule has 160 valence electrons.